The van der Waals surface area contributed by atoms with Crippen LogP contribution in [0, 0.1) is 6.92 Å². The summed E-state index contributed by atoms with van der Waals surface area (Å²) in [5.41, 5.74) is 4.27. The van der Waals surface area contributed by atoms with Crippen molar-refractivity contribution in [2.75, 3.05) is 5.32 Å². The molecule has 136 valence electrons. The van der Waals surface area contributed by atoms with Gasteiger partial charge in [0.2, 0.25) is 0 Å². The van der Waals surface area contributed by atoms with Gasteiger partial charge in [-0.2, -0.15) is 0 Å². The molecular formula is C20H23N3O2S. The van der Waals surface area contributed by atoms with Crippen molar-refractivity contribution in [3.63, 3.8) is 0 Å². The SMILES string of the molecule is Cc1noc(C(C)C)c1C(=O)Nc1nc(-c2ccc(C(C)C)cc2)cs1. The number of nitrogens with zero attached hydrogens (tertiary/aromatic N) is 2. The summed E-state index contributed by atoms with van der Waals surface area (Å²) < 4.78 is 5.29. The Bertz CT molecular complexity index is 908. The minimum atomic E-state index is -0.233. The minimum Gasteiger partial charge on any atom is -0.360 e. The van der Waals surface area contributed by atoms with Gasteiger partial charge in [0.15, 0.2) is 10.9 Å². The predicted molar refractivity (Wildman–Crippen MR) is 105 cm³/mol. The molecule has 0 fully saturated rings. The Balaban J connectivity index is 1.78. The van der Waals surface area contributed by atoms with Crippen LogP contribution in [0.25, 0.3) is 11.3 Å². The first-order valence-electron chi connectivity index (χ1n) is 8.70. The summed E-state index contributed by atoms with van der Waals surface area (Å²) in [6.07, 6.45) is 0. The van der Waals surface area contributed by atoms with Gasteiger partial charge in [-0.05, 0) is 18.4 Å². The third-order valence-corrected chi connectivity index (χ3v) is 5.00. The molecule has 0 radical (unpaired) electrons. The molecule has 5 nitrogen and oxygen atoms in total. The summed E-state index contributed by atoms with van der Waals surface area (Å²) in [6, 6.07) is 8.37. The molecule has 0 saturated heterocycles. The number of nitrogens with one attached hydrogen (secondary N) is 1. The van der Waals surface area contributed by atoms with E-state index in [0.717, 1.165) is 11.3 Å². The summed E-state index contributed by atoms with van der Waals surface area (Å²) in [6.45, 7) is 10.1. The van der Waals surface area contributed by atoms with Crippen molar-refractivity contribution >= 4 is 22.4 Å². The van der Waals surface area contributed by atoms with Crippen LogP contribution in [0.2, 0.25) is 0 Å². The monoisotopic (exact) mass is 369 g/mol. The summed E-state index contributed by atoms with van der Waals surface area (Å²) in [5.74, 6) is 0.948. The lowest BCUT2D eigenvalue weighted by atomic mass is 10.0. The van der Waals surface area contributed by atoms with Crippen molar-refractivity contribution in [1.82, 2.24) is 10.1 Å². The van der Waals surface area contributed by atoms with Crippen molar-refractivity contribution in [2.45, 2.75) is 46.5 Å². The second-order valence-electron chi connectivity index (χ2n) is 6.93. The molecule has 2 aromatic heterocycles. The van der Waals surface area contributed by atoms with Crippen molar-refractivity contribution in [2.24, 2.45) is 0 Å². The van der Waals surface area contributed by atoms with E-state index in [2.05, 4.69) is 53.6 Å². The summed E-state index contributed by atoms with van der Waals surface area (Å²) >= 11 is 1.41. The normalized spacial score (nSPS) is 11.3. The van der Waals surface area contributed by atoms with Gasteiger partial charge in [-0.1, -0.05) is 57.1 Å². The number of benzene rings is 1. The first-order valence-corrected chi connectivity index (χ1v) is 9.58. The van der Waals surface area contributed by atoms with Crippen molar-refractivity contribution in [3.05, 3.63) is 52.2 Å². The third-order valence-electron chi connectivity index (χ3n) is 4.24. The molecule has 0 aliphatic heterocycles. The van der Waals surface area contributed by atoms with Crippen LogP contribution in [0.4, 0.5) is 5.13 Å². The topological polar surface area (TPSA) is 68.0 Å². The van der Waals surface area contributed by atoms with E-state index >= 15 is 0 Å². The Kier molecular flexibility index (Phi) is 5.23. The van der Waals surface area contributed by atoms with E-state index in [1.54, 1.807) is 6.92 Å². The summed E-state index contributed by atoms with van der Waals surface area (Å²) in [7, 11) is 0. The molecule has 1 aromatic carbocycles. The molecule has 3 rings (SSSR count). The maximum absolute atomic E-state index is 12.6. The van der Waals surface area contributed by atoms with Crippen LogP contribution in [0.15, 0.2) is 34.2 Å². The van der Waals surface area contributed by atoms with Gasteiger partial charge in [-0.3, -0.25) is 10.1 Å². The highest BCUT2D eigenvalue weighted by Gasteiger charge is 2.23. The van der Waals surface area contributed by atoms with E-state index in [4.69, 9.17) is 4.52 Å². The van der Waals surface area contributed by atoms with Crippen molar-refractivity contribution in [3.8, 4) is 11.3 Å². The highest BCUT2D eigenvalue weighted by atomic mass is 32.1. The Hall–Kier alpha value is -2.47. The molecule has 0 atom stereocenters. The molecule has 1 N–H and O–H groups in total. The number of rotatable bonds is 5. The van der Waals surface area contributed by atoms with Crippen LogP contribution in [-0.2, 0) is 0 Å². The first-order chi connectivity index (χ1) is 12.4. The maximum atomic E-state index is 12.6. The van der Waals surface area contributed by atoms with Crippen LogP contribution < -0.4 is 5.32 Å². The molecule has 0 saturated carbocycles. The van der Waals surface area contributed by atoms with Crippen molar-refractivity contribution < 1.29 is 9.32 Å². The Labute approximate surface area is 157 Å². The Morgan fingerprint density at radius 1 is 1.12 bits per heavy atom. The van der Waals surface area contributed by atoms with Crippen molar-refractivity contribution in [1.29, 1.82) is 0 Å². The number of hydrogen-bond donors (Lipinski definition) is 1. The molecule has 0 bridgehead atoms. The van der Waals surface area contributed by atoms with E-state index < -0.39 is 0 Å². The number of aryl methyl sites for hydroxylation is 1. The van der Waals surface area contributed by atoms with Gasteiger partial charge in [0.05, 0.1) is 11.4 Å². The average Bonchev–Trinajstić information content (AvgIpc) is 3.21. The molecule has 1 amide bonds. The molecular weight excluding hydrogens is 346 g/mol. The van der Waals surface area contributed by atoms with Gasteiger partial charge < -0.3 is 4.52 Å². The fourth-order valence-electron chi connectivity index (χ4n) is 2.72. The van der Waals surface area contributed by atoms with Crippen LogP contribution in [0.3, 0.4) is 0 Å². The van der Waals surface area contributed by atoms with E-state index in [0.29, 0.717) is 28.1 Å². The molecule has 0 aliphatic carbocycles. The van der Waals surface area contributed by atoms with Gasteiger partial charge in [0.25, 0.3) is 5.91 Å². The van der Waals surface area contributed by atoms with Gasteiger partial charge in [-0.25, -0.2) is 4.98 Å². The molecule has 0 aliphatic rings. The number of carbonyl (C=O) groups is 1. The molecule has 3 aromatic rings. The van der Waals surface area contributed by atoms with Gasteiger partial charge >= 0.3 is 0 Å². The Morgan fingerprint density at radius 2 is 1.81 bits per heavy atom. The molecule has 0 spiro atoms. The number of amides is 1. The predicted octanol–water partition coefficient (Wildman–Crippen LogP) is 5.61. The fourth-order valence-corrected chi connectivity index (χ4v) is 3.43. The zero-order valence-electron chi connectivity index (χ0n) is 15.7. The first kappa shape index (κ1) is 18.3. The van der Waals surface area contributed by atoms with Gasteiger partial charge in [-0.15, -0.1) is 11.3 Å². The zero-order valence-corrected chi connectivity index (χ0v) is 16.5. The number of carbonyl (C=O) groups excluding carboxylic acids is 1. The molecule has 26 heavy (non-hydrogen) atoms. The van der Waals surface area contributed by atoms with Gasteiger partial charge in [0.1, 0.15) is 5.56 Å². The molecule has 2 heterocycles. The van der Waals surface area contributed by atoms with Crippen LogP contribution in [0.5, 0.6) is 0 Å². The lowest BCUT2D eigenvalue weighted by molar-refractivity contribution is 0.102. The quantitative estimate of drug-likeness (QED) is 0.635. The lowest BCUT2D eigenvalue weighted by Gasteiger charge is -2.06. The smallest absolute Gasteiger partial charge is 0.262 e. The zero-order chi connectivity index (χ0) is 18.8. The second-order valence-corrected chi connectivity index (χ2v) is 7.79. The maximum Gasteiger partial charge on any atom is 0.262 e. The third kappa shape index (κ3) is 3.70. The number of hydrogen-bond acceptors (Lipinski definition) is 5. The fraction of sp³-hybridized carbons (Fsp3) is 0.350. The van der Waals surface area contributed by atoms with Crippen LogP contribution in [-0.4, -0.2) is 16.0 Å². The second kappa shape index (κ2) is 7.41. The summed E-state index contributed by atoms with van der Waals surface area (Å²) in [4.78, 5) is 17.2. The van der Waals surface area contributed by atoms with E-state index in [9.17, 15) is 4.79 Å². The standard InChI is InChI=1S/C20H23N3O2S/c1-11(2)14-6-8-15(9-7-14)16-10-26-20(21-16)22-19(24)17-13(5)23-25-18(17)12(3)4/h6-12H,1-5H3,(H,21,22,24). The highest BCUT2D eigenvalue weighted by molar-refractivity contribution is 7.14. The number of thiazole rings is 1. The largest absolute Gasteiger partial charge is 0.360 e. The molecule has 0 unspecified atom stereocenters. The van der Waals surface area contributed by atoms with E-state index in [-0.39, 0.29) is 11.8 Å². The number of aromatic nitrogens is 2. The highest BCUT2D eigenvalue weighted by Crippen LogP contribution is 2.28. The Morgan fingerprint density at radius 3 is 2.42 bits per heavy atom. The van der Waals surface area contributed by atoms with Gasteiger partial charge in [0, 0.05) is 16.9 Å². The van der Waals surface area contributed by atoms with Crippen LogP contribution >= 0.6 is 11.3 Å². The van der Waals surface area contributed by atoms with E-state index in [1.165, 1.54) is 16.9 Å². The van der Waals surface area contributed by atoms with Crippen LogP contribution in [0.1, 0.15) is 66.9 Å². The number of anilines is 1. The lowest BCUT2D eigenvalue weighted by Crippen LogP contribution is -2.14. The molecule has 6 heteroatoms. The summed E-state index contributed by atoms with van der Waals surface area (Å²) in [5, 5.41) is 9.30. The minimum absolute atomic E-state index is 0.0864. The average molecular weight is 369 g/mol. The van der Waals surface area contributed by atoms with E-state index in [1.807, 2.05) is 19.2 Å².